The summed E-state index contributed by atoms with van der Waals surface area (Å²) in [5.41, 5.74) is 3.32. The van der Waals surface area contributed by atoms with Crippen LogP contribution in [0.15, 0.2) is 53.9 Å². The summed E-state index contributed by atoms with van der Waals surface area (Å²) in [5.74, 6) is -1.71. The Balaban J connectivity index is 1.40. The van der Waals surface area contributed by atoms with Crippen molar-refractivity contribution in [3.63, 3.8) is 0 Å². The van der Waals surface area contributed by atoms with E-state index in [0.29, 0.717) is 15.7 Å². The van der Waals surface area contributed by atoms with Crippen LogP contribution in [0, 0.1) is 12.8 Å². The number of aryl methyl sites for hydroxylation is 1. The molecule has 0 spiro atoms. The predicted octanol–water partition coefficient (Wildman–Crippen LogP) is 4.94. The number of hydrogen-bond acceptors (Lipinski definition) is 6. The van der Waals surface area contributed by atoms with Crippen LogP contribution in [0.2, 0.25) is 5.02 Å². The Labute approximate surface area is 194 Å². The minimum absolute atomic E-state index is 0.0279. The summed E-state index contributed by atoms with van der Waals surface area (Å²) in [7, 11) is 0. The molecule has 0 saturated carbocycles. The molecule has 32 heavy (non-hydrogen) atoms. The SMILES string of the molecule is Cc1ccc(-c2csc(N3C[C@@H](C(=O)O[C@H](C)C(=O)c4ccc(Cl)cc4)CC3=O)n2)cc1. The summed E-state index contributed by atoms with van der Waals surface area (Å²) >= 11 is 7.21. The van der Waals surface area contributed by atoms with Crippen molar-refractivity contribution in [1.82, 2.24) is 4.98 Å². The van der Waals surface area contributed by atoms with Gasteiger partial charge in [-0.2, -0.15) is 0 Å². The number of amides is 1. The lowest BCUT2D eigenvalue weighted by molar-refractivity contribution is -0.151. The van der Waals surface area contributed by atoms with E-state index < -0.39 is 18.0 Å². The Bertz CT molecular complexity index is 1160. The van der Waals surface area contributed by atoms with Crippen molar-refractivity contribution in [2.45, 2.75) is 26.4 Å². The molecule has 0 N–H and O–H groups in total. The van der Waals surface area contributed by atoms with Crippen LogP contribution >= 0.6 is 22.9 Å². The minimum Gasteiger partial charge on any atom is -0.454 e. The Morgan fingerprint density at radius 2 is 1.84 bits per heavy atom. The van der Waals surface area contributed by atoms with E-state index in [-0.39, 0.29) is 24.7 Å². The quantitative estimate of drug-likeness (QED) is 0.378. The van der Waals surface area contributed by atoms with Gasteiger partial charge in [0.1, 0.15) is 0 Å². The number of carbonyl (C=O) groups excluding carboxylic acids is 3. The summed E-state index contributed by atoms with van der Waals surface area (Å²) in [4.78, 5) is 43.8. The first-order valence-corrected chi connectivity index (χ1v) is 11.4. The highest BCUT2D eigenvalue weighted by molar-refractivity contribution is 7.14. The molecule has 1 aromatic heterocycles. The number of rotatable bonds is 6. The zero-order chi connectivity index (χ0) is 22.8. The smallest absolute Gasteiger partial charge is 0.312 e. The molecule has 1 saturated heterocycles. The maximum Gasteiger partial charge on any atom is 0.312 e. The average Bonchev–Trinajstić information content (AvgIpc) is 3.41. The number of thiazole rings is 1. The van der Waals surface area contributed by atoms with Gasteiger partial charge in [0.15, 0.2) is 11.2 Å². The number of esters is 1. The largest absolute Gasteiger partial charge is 0.454 e. The van der Waals surface area contributed by atoms with E-state index >= 15 is 0 Å². The molecule has 0 radical (unpaired) electrons. The van der Waals surface area contributed by atoms with Gasteiger partial charge in [0.05, 0.1) is 11.6 Å². The number of aromatic nitrogens is 1. The van der Waals surface area contributed by atoms with Gasteiger partial charge in [-0.15, -0.1) is 11.3 Å². The summed E-state index contributed by atoms with van der Waals surface area (Å²) in [6.45, 7) is 3.72. The van der Waals surface area contributed by atoms with Gasteiger partial charge in [0.25, 0.3) is 0 Å². The number of Topliss-reactive ketones (excluding diaryl/α,β-unsaturated/α-hetero) is 1. The van der Waals surface area contributed by atoms with Crippen LogP contribution in [-0.2, 0) is 14.3 Å². The van der Waals surface area contributed by atoms with Crippen molar-refractivity contribution in [3.05, 3.63) is 70.1 Å². The van der Waals surface area contributed by atoms with Crippen LogP contribution in [0.3, 0.4) is 0 Å². The van der Waals surface area contributed by atoms with Crippen molar-refractivity contribution < 1.29 is 19.1 Å². The number of nitrogens with zero attached hydrogens (tertiary/aromatic N) is 2. The number of carbonyl (C=O) groups is 3. The topological polar surface area (TPSA) is 76.6 Å². The maximum absolute atomic E-state index is 12.6. The number of ether oxygens (including phenoxy) is 1. The third kappa shape index (κ3) is 4.74. The van der Waals surface area contributed by atoms with Gasteiger partial charge >= 0.3 is 5.97 Å². The van der Waals surface area contributed by atoms with Crippen LogP contribution in [0.25, 0.3) is 11.3 Å². The molecule has 0 bridgehead atoms. The molecule has 1 amide bonds. The van der Waals surface area contributed by atoms with Crippen LogP contribution in [0.4, 0.5) is 5.13 Å². The van der Waals surface area contributed by atoms with Gasteiger partial charge in [-0.05, 0) is 38.1 Å². The molecular formula is C24H21ClN2O4S. The zero-order valence-corrected chi connectivity index (χ0v) is 19.2. The van der Waals surface area contributed by atoms with E-state index in [2.05, 4.69) is 4.98 Å². The van der Waals surface area contributed by atoms with Crippen LogP contribution in [0.5, 0.6) is 0 Å². The molecule has 4 rings (SSSR count). The molecule has 164 valence electrons. The molecule has 1 fully saturated rings. The molecule has 0 unspecified atom stereocenters. The molecule has 8 heteroatoms. The van der Waals surface area contributed by atoms with Crippen molar-refractivity contribution in [2.24, 2.45) is 5.92 Å². The van der Waals surface area contributed by atoms with Crippen molar-refractivity contribution in [3.8, 4) is 11.3 Å². The minimum atomic E-state index is -0.958. The normalized spacial score (nSPS) is 16.8. The van der Waals surface area contributed by atoms with E-state index in [1.807, 2.05) is 36.6 Å². The van der Waals surface area contributed by atoms with E-state index in [4.69, 9.17) is 16.3 Å². The van der Waals surface area contributed by atoms with E-state index in [0.717, 1.165) is 16.8 Å². The van der Waals surface area contributed by atoms with Gasteiger partial charge in [-0.25, -0.2) is 4.98 Å². The lowest BCUT2D eigenvalue weighted by Gasteiger charge is -2.16. The molecule has 3 aromatic rings. The Kier molecular flexibility index (Phi) is 6.39. The number of anilines is 1. The van der Waals surface area contributed by atoms with Crippen LogP contribution in [-0.4, -0.2) is 35.3 Å². The highest BCUT2D eigenvalue weighted by atomic mass is 35.5. The fraction of sp³-hybridized carbons (Fsp3) is 0.250. The first-order valence-electron chi connectivity index (χ1n) is 10.1. The van der Waals surface area contributed by atoms with E-state index in [1.165, 1.54) is 23.2 Å². The highest BCUT2D eigenvalue weighted by Gasteiger charge is 2.38. The Morgan fingerprint density at radius 1 is 1.16 bits per heavy atom. The van der Waals surface area contributed by atoms with Crippen molar-refractivity contribution >= 4 is 45.7 Å². The number of hydrogen-bond donors (Lipinski definition) is 0. The van der Waals surface area contributed by atoms with E-state index in [1.54, 1.807) is 24.3 Å². The molecule has 0 aliphatic carbocycles. The third-order valence-corrected chi connectivity index (χ3v) is 6.44. The van der Waals surface area contributed by atoms with Gasteiger partial charge in [-0.1, -0.05) is 41.4 Å². The second kappa shape index (κ2) is 9.22. The first-order chi connectivity index (χ1) is 15.3. The summed E-state index contributed by atoms with van der Waals surface area (Å²) in [6.07, 6.45) is -0.930. The van der Waals surface area contributed by atoms with E-state index in [9.17, 15) is 14.4 Å². The average molecular weight is 469 g/mol. The lowest BCUT2D eigenvalue weighted by atomic mass is 10.1. The second-order valence-electron chi connectivity index (χ2n) is 7.74. The molecule has 2 heterocycles. The Morgan fingerprint density at radius 3 is 2.53 bits per heavy atom. The number of benzene rings is 2. The molecule has 1 aliphatic rings. The highest BCUT2D eigenvalue weighted by Crippen LogP contribution is 2.32. The molecule has 1 aliphatic heterocycles. The number of halogens is 1. The van der Waals surface area contributed by atoms with Gasteiger partial charge < -0.3 is 4.74 Å². The first kappa shape index (κ1) is 22.2. The van der Waals surface area contributed by atoms with Crippen LogP contribution in [0.1, 0.15) is 29.3 Å². The summed E-state index contributed by atoms with van der Waals surface area (Å²) < 4.78 is 5.38. The number of ketones is 1. The monoisotopic (exact) mass is 468 g/mol. The second-order valence-corrected chi connectivity index (χ2v) is 9.01. The summed E-state index contributed by atoms with van der Waals surface area (Å²) in [5, 5.41) is 2.96. The van der Waals surface area contributed by atoms with Gasteiger partial charge in [0.2, 0.25) is 11.7 Å². The molecule has 6 nitrogen and oxygen atoms in total. The van der Waals surface area contributed by atoms with Gasteiger partial charge in [0, 0.05) is 34.5 Å². The third-order valence-electron chi connectivity index (χ3n) is 5.32. The fourth-order valence-corrected chi connectivity index (χ4v) is 4.45. The zero-order valence-electron chi connectivity index (χ0n) is 17.6. The fourth-order valence-electron chi connectivity index (χ4n) is 3.47. The Hall–Kier alpha value is -3.03. The van der Waals surface area contributed by atoms with Crippen LogP contribution < -0.4 is 4.90 Å². The van der Waals surface area contributed by atoms with Crippen molar-refractivity contribution in [2.75, 3.05) is 11.4 Å². The molecular weight excluding hydrogens is 448 g/mol. The molecule has 2 atom stereocenters. The van der Waals surface area contributed by atoms with Crippen molar-refractivity contribution in [1.29, 1.82) is 0 Å². The van der Waals surface area contributed by atoms with Gasteiger partial charge in [-0.3, -0.25) is 19.3 Å². The summed E-state index contributed by atoms with van der Waals surface area (Å²) in [6, 6.07) is 14.4. The maximum atomic E-state index is 12.6. The standard InChI is InChI=1S/C24H21ClN2O4S/c1-14-3-5-16(6-4-14)20-13-32-24(26-20)27-12-18(11-21(27)28)23(30)31-15(2)22(29)17-7-9-19(25)10-8-17/h3-10,13,15,18H,11-12H2,1-2H3/t15-,18+/m1/s1. The molecule has 2 aromatic carbocycles. The lowest BCUT2D eigenvalue weighted by Crippen LogP contribution is -2.30. The predicted molar refractivity (Wildman–Crippen MR) is 124 cm³/mol.